The first-order chi connectivity index (χ1) is 17.0. The minimum atomic E-state index is -0.505. The van der Waals surface area contributed by atoms with Gasteiger partial charge in [-0.3, -0.25) is 9.69 Å². The number of fused-ring (bicyclic) bond motifs is 1. The molecule has 180 valence electrons. The molecule has 1 saturated heterocycles. The molecule has 1 aliphatic rings. The second-order valence-corrected chi connectivity index (χ2v) is 9.77. The highest BCUT2D eigenvalue weighted by atomic mass is 35.5. The molecule has 1 fully saturated rings. The van der Waals surface area contributed by atoms with Crippen molar-refractivity contribution in [3.63, 3.8) is 0 Å². The molecule has 1 aliphatic heterocycles. The predicted octanol–water partition coefficient (Wildman–Crippen LogP) is 6.38. The first kappa shape index (κ1) is 23.8. The van der Waals surface area contributed by atoms with E-state index in [1.807, 2.05) is 42.5 Å². The van der Waals surface area contributed by atoms with Crippen LogP contribution >= 0.6 is 23.2 Å². The number of carbonyl (C=O) groups excluding carboxylic acids is 1. The molecule has 0 bridgehead atoms. The lowest BCUT2D eigenvalue weighted by Crippen LogP contribution is -2.40. The monoisotopic (exact) mass is 510 g/mol. The number of piperidine rings is 1. The van der Waals surface area contributed by atoms with E-state index in [1.165, 1.54) is 18.2 Å². The Balaban J connectivity index is 1.32. The van der Waals surface area contributed by atoms with E-state index in [0.717, 1.165) is 41.8 Å². The fourth-order valence-corrected chi connectivity index (χ4v) is 4.93. The molecule has 0 aliphatic carbocycles. The standard InChI is InChI=1S/C27H25Cl2FN4O/c28-20-9-7-18(8-10-20)15-34-25-6-2-1-5-24(25)32-26(34)17-33-13-3-4-19(16-33)27(35)31-21-11-12-23(30)22(29)14-21/h1-2,5-12,14,19H,3-4,13,15-17H2,(H,31,35)/t19-/m1/s1. The molecule has 3 aromatic carbocycles. The maximum Gasteiger partial charge on any atom is 0.228 e. The number of likely N-dealkylation sites (tertiary alicyclic amines) is 1. The van der Waals surface area contributed by atoms with Crippen LogP contribution in [0, 0.1) is 11.7 Å². The maximum absolute atomic E-state index is 13.4. The molecule has 4 aromatic rings. The molecule has 0 radical (unpaired) electrons. The van der Waals surface area contributed by atoms with Gasteiger partial charge in [0.2, 0.25) is 5.91 Å². The topological polar surface area (TPSA) is 50.2 Å². The summed E-state index contributed by atoms with van der Waals surface area (Å²) in [5, 5.41) is 3.59. The lowest BCUT2D eigenvalue weighted by Gasteiger charge is -2.31. The SMILES string of the molecule is O=C(Nc1ccc(F)c(Cl)c1)[C@@H]1CCCN(Cc2nc3ccccc3n2Cc2ccc(Cl)cc2)C1. The zero-order chi connectivity index (χ0) is 24.4. The van der Waals surface area contributed by atoms with Crippen molar-refractivity contribution >= 4 is 45.8 Å². The highest BCUT2D eigenvalue weighted by Crippen LogP contribution is 2.25. The Morgan fingerprint density at radius 3 is 2.66 bits per heavy atom. The average molecular weight is 511 g/mol. The summed E-state index contributed by atoms with van der Waals surface area (Å²) in [6, 6.07) is 20.2. The largest absolute Gasteiger partial charge is 0.326 e. The number of aromatic nitrogens is 2. The molecule has 0 saturated carbocycles. The van der Waals surface area contributed by atoms with Crippen molar-refractivity contribution in [3.05, 3.63) is 94.0 Å². The van der Waals surface area contributed by atoms with Crippen molar-refractivity contribution in [2.45, 2.75) is 25.9 Å². The van der Waals surface area contributed by atoms with E-state index in [1.54, 1.807) is 0 Å². The Kier molecular flexibility index (Phi) is 7.04. The van der Waals surface area contributed by atoms with Crippen LogP contribution in [0.2, 0.25) is 10.0 Å². The van der Waals surface area contributed by atoms with Crippen LogP contribution in [0.3, 0.4) is 0 Å². The molecule has 5 nitrogen and oxygen atoms in total. The first-order valence-electron chi connectivity index (χ1n) is 11.6. The summed E-state index contributed by atoms with van der Waals surface area (Å²) >= 11 is 11.9. The van der Waals surface area contributed by atoms with Crippen molar-refractivity contribution in [2.75, 3.05) is 18.4 Å². The highest BCUT2D eigenvalue weighted by molar-refractivity contribution is 6.31. The van der Waals surface area contributed by atoms with E-state index in [4.69, 9.17) is 28.2 Å². The number of rotatable bonds is 6. The normalized spacial score (nSPS) is 16.5. The number of nitrogens with zero attached hydrogens (tertiary/aromatic N) is 3. The van der Waals surface area contributed by atoms with Crippen molar-refractivity contribution < 1.29 is 9.18 Å². The Morgan fingerprint density at radius 2 is 1.86 bits per heavy atom. The van der Waals surface area contributed by atoms with Gasteiger partial charge in [0.05, 0.1) is 28.5 Å². The summed E-state index contributed by atoms with van der Waals surface area (Å²) in [5.74, 6) is 0.219. The van der Waals surface area contributed by atoms with Crippen LogP contribution in [0.5, 0.6) is 0 Å². The zero-order valence-corrected chi connectivity index (χ0v) is 20.6. The first-order valence-corrected chi connectivity index (χ1v) is 12.4. The third kappa shape index (κ3) is 5.50. The number of halogens is 3. The van der Waals surface area contributed by atoms with Gasteiger partial charge in [0.1, 0.15) is 11.6 Å². The number of amides is 1. The summed E-state index contributed by atoms with van der Waals surface area (Å²) in [6.45, 7) is 2.87. The van der Waals surface area contributed by atoms with Crippen LogP contribution in [0.15, 0.2) is 66.7 Å². The van der Waals surface area contributed by atoms with Crippen molar-refractivity contribution in [1.82, 2.24) is 14.5 Å². The second kappa shape index (κ2) is 10.4. The number of nitrogens with one attached hydrogen (secondary N) is 1. The number of benzene rings is 3. The van der Waals surface area contributed by atoms with E-state index in [9.17, 15) is 9.18 Å². The Hall–Kier alpha value is -2.93. The van der Waals surface area contributed by atoms with E-state index >= 15 is 0 Å². The maximum atomic E-state index is 13.4. The molecule has 35 heavy (non-hydrogen) atoms. The highest BCUT2D eigenvalue weighted by Gasteiger charge is 2.27. The van der Waals surface area contributed by atoms with Gasteiger partial charge in [-0.1, -0.05) is 47.5 Å². The number of anilines is 1. The fourth-order valence-electron chi connectivity index (χ4n) is 4.63. The minimum absolute atomic E-state index is 0.00680. The van der Waals surface area contributed by atoms with Gasteiger partial charge in [-0.2, -0.15) is 0 Å². The van der Waals surface area contributed by atoms with Crippen LogP contribution in [-0.4, -0.2) is 33.4 Å². The number of carbonyl (C=O) groups is 1. The molecule has 5 rings (SSSR count). The van der Waals surface area contributed by atoms with Crippen LogP contribution in [0.25, 0.3) is 11.0 Å². The molecular weight excluding hydrogens is 486 g/mol. The molecule has 0 spiro atoms. The molecule has 1 amide bonds. The van der Waals surface area contributed by atoms with Crippen LogP contribution in [0.4, 0.5) is 10.1 Å². The van der Waals surface area contributed by atoms with Gasteiger partial charge in [-0.25, -0.2) is 9.37 Å². The quantitative estimate of drug-likeness (QED) is 0.327. The van der Waals surface area contributed by atoms with Crippen molar-refractivity contribution in [1.29, 1.82) is 0 Å². The number of hydrogen-bond acceptors (Lipinski definition) is 3. The van der Waals surface area contributed by atoms with Crippen LogP contribution in [-0.2, 0) is 17.9 Å². The molecular formula is C27H25Cl2FN4O. The van der Waals surface area contributed by atoms with Gasteiger partial charge >= 0.3 is 0 Å². The number of para-hydroxylation sites is 2. The van der Waals surface area contributed by atoms with Crippen LogP contribution in [0.1, 0.15) is 24.2 Å². The van der Waals surface area contributed by atoms with Gasteiger partial charge < -0.3 is 9.88 Å². The molecule has 1 N–H and O–H groups in total. The lowest BCUT2D eigenvalue weighted by molar-refractivity contribution is -0.121. The Labute approximate surface area is 213 Å². The smallest absolute Gasteiger partial charge is 0.228 e. The van der Waals surface area contributed by atoms with E-state index < -0.39 is 5.82 Å². The molecule has 0 unspecified atom stereocenters. The molecule has 2 heterocycles. The van der Waals surface area contributed by atoms with Gasteiger partial charge in [-0.15, -0.1) is 0 Å². The predicted molar refractivity (Wildman–Crippen MR) is 138 cm³/mol. The number of imidazole rings is 1. The summed E-state index contributed by atoms with van der Waals surface area (Å²) in [4.78, 5) is 20.1. The van der Waals surface area contributed by atoms with Crippen molar-refractivity contribution in [2.24, 2.45) is 5.92 Å². The molecule has 8 heteroatoms. The van der Waals surface area contributed by atoms with Crippen LogP contribution < -0.4 is 5.32 Å². The molecule has 1 atom stereocenters. The Bertz CT molecular complexity index is 1360. The van der Waals surface area contributed by atoms with Gasteiger partial charge in [0, 0.05) is 23.8 Å². The third-order valence-corrected chi connectivity index (χ3v) is 6.96. The van der Waals surface area contributed by atoms with Gasteiger partial charge in [0.15, 0.2) is 0 Å². The Morgan fingerprint density at radius 1 is 1.06 bits per heavy atom. The van der Waals surface area contributed by atoms with Crippen molar-refractivity contribution in [3.8, 4) is 0 Å². The summed E-state index contributed by atoms with van der Waals surface area (Å²) < 4.78 is 15.7. The average Bonchev–Trinajstić information content (AvgIpc) is 3.19. The molecule has 1 aromatic heterocycles. The van der Waals surface area contributed by atoms with E-state index in [2.05, 4.69) is 20.9 Å². The number of hydrogen-bond donors (Lipinski definition) is 1. The lowest BCUT2D eigenvalue weighted by atomic mass is 9.97. The summed E-state index contributed by atoms with van der Waals surface area (Å²) in [7, 11) is 0. The second-order valence-electron chi connectivity index (χ2n) is 8.92. The fraction of sp³-hybridized carbons (Fsp3) is 0.259. The van der Waals surface area contributed by atoms with Gasteiger partial charge in [-0.05, 0) is 67.4 Å². The van der Waals surface area contributed by atoms with E-state index in [-0.39, 0.29) is 16.8 Å². The summed E-state index contributed by atoms with van der Waals surface area (Å²) in [5.41, 5.74) is 3.68. The van der Waals surface area contributed by atoms with Gasteiger partial charge in [0.25, 0.3) is 0 Å². The summed E-state index contributed by atoms with van der Waals surface area (Å²) in [6.07, 6.45) is 1.72. The minimum Gasteiger partial charge on any atom is -0.326 e. The van der Waals surface area contributed by atoms with E-state index in [0.29, 0.717) is 30.3 Å². The third-order valence-electron chi connectivity index (χ3n) is 6.42. The zero-order valence-electron chi connectivity index (χ0n) is 19.1.